The van der Waals surface area contributed by atoms with Crippen molar-refractivity contribution in [1.82, 2.24) is 5.32 Å². The molecule has 2 N–H and O–H groups in total. The molecule has 0 unspecified atom stereocenters. The van der Waals surface area contributed by atoms with Crippen molar-refractivity contribution in [1.29, 1.82) is 0 Å². The minimum Gasteiger partial charge on any atom is -0.502 e. The second-order valence-corrected chi connectivity index (χ2v) is 7.46. The molecule has 1 fully saturated rings. The third-order valence-electron chi connectivity index (χ3n) is 3.28. The Kier molecular flexibility index (Phi) is 5.30. The van der Waals surface area contributed by atoms with Crippen LogP contribution in [0.15, 0.2) is 50.8 Å². The van der Waals surface area contributed by atoms with Crippen molar-refractivity contribution < 1.29 is 14.8 Å². The molecule has 1 aliphatic heterocycles. The van der Waals surface area contributed by atoms with Gasteiger partial charge in [0.25, 0.3) is 5.91 Å². The molecule has 0 spiro atoms. The van der Waals surface area contributed by atoms with E-state index in [0.29, 0.717) is 10.9 Å². The first-order valence-corrected chi connectivity index (χ1v) is 9.04. The van der Waals surface area contributed by atoms with E-state index in [9.17, 15) is 20.0 Å². The molecular weight excluding hydrogens is 446 g/mol. The summed E-state index contributed by atoms with van der Waals surface area (Å²) in [5.74, 6) is -0.980. The van der Waals surface area contributed by atoms with E-state index in [-0.39, 0.29) is 15.5 Å². The molecule has 26 heavy (non-hydrogen) atoms. The van der Waals surface area contributed by atoms with E-state index in [1.54, 1.807) is 12.1 Å². The van der Waals surface area contributed by atoms with Crippen molar-refractivity contribution in [3.63, 3.8) is 0 Å². The fourth-order valence-corrected chi connectivity index (χ4v) is 3.43. The molecular formula is C16H9BrClN3O4S. The molecule has 0 aliphatic carbocycles. The van der Waals surface area contributed by atoms with Crippen LogP contribution in [0.2, 0.25) is 5.02 Å². The number of aromatic hydroxyl groups is 1. The van der Waals surface area contributed by atoms with E-state index in [4.69, 9.17) is 11.6 Å². The molecule has 1 amide bonds. The second kappa shape index (κ2) is 7.48. The molecule has 0 radical (unpaired) electrons. The number of thioether (sulfide) groups is 1. The van der Waals surface area contributed by atoms with Gasteiger partial charge < -0.3 is 10.4 Å². The second-order valence-electron chi connectivity index (χ2n) is 5.08. The zero-order chi connectivity index (χ0) is 18.8. The Hall–Kier alpha value is -2.36. The van der Waals surface area contributed by atoms with Crippen LogP contribution in [-0.2, 0) is 4.79 Å². The maximum absolute atomic E-state index is 12.1. The van der Waals surface area contributed by atoms with E-state index < -0.39 is 22.3 Å². The highest BCUT2D eigenvalue weighted by atomic mass is 79.9. The predicted molar refractivity (Wildman–Crippen MR) is 105 cm³/mol. The van der Waals surface area contributed by atoms with Crippen molar-refractivity contribution in [3.8, 4) is 5.75 Å². The number of phenolic OH excluding ortho intramolecular Hbond substituents is 1. The predicted octanol–water partition coefficient (Wildman–Crippen LogP) is 4.61. The standard InChI is InChI=1S/C16H9BrClN3O4S/c17-9-1-3-11(4-2-9)19-16-20-15(23)13(26-16)6-8-5-10(18)7-12(14(8)22)21(24)25/h1-7,22H,(H,19,20,23). The first-order valence-electron chi connectivity index (χ1n) is 7.05. The maximum Gasteiger partial charge on any atom is 0.312 e. The van der Waals surface area contributed by atoms with Gasteiger partial charge in [-0.3, -0.25) is 14.9 Å². The quantitative estimate of drug-likeness (QED) is 0.400. The van der Waals surface area contributed by atoms with E-state index in [0.717, 1.165) is 22.3 Å². The summed E-state index contributed by atoms with van der Waals surface area (Å²) in [4.78, 5) is 26.9. The van der Waals surface area contributed by atoms with Gasteiger partial charge in [-0.25, -0.2) is 4.99 Å². The minimum atomic E-state index is -0.745. The SMILES string of the molecule is O=C1NC(=Nc2ccc(Br)cc2)SC1=Cc1cc(Cl)cc([N+](=O)[O-])c1O. The van der Waals surface area contributed by atoms with Crippen LogP contribution in [-0.4, -0.2) is 21.1 Å². The van der Waals surface area contributed by atoms with Gasteiger partial charge in [0.15, 0.2) is 5.17 Å². The van der Waals surface area contributed by atoms with Gasteiger partial charge in [-0.2, -0.15) is 0 Å². The molecule has 1 heterocycles. The average Bonchev–Trinajstić information content (AvgIpc) is 2.92. The molecule has 2 aromatic rings. The number of halogens is 2. The van der Waals surface area contributed by atoms with Gasteiger partial charge >= 0.3 is 5.69 Å². The molecule has 7 nitrogen and oxygen atoms in total. The molecule has 2 aromatic carbocycles. The number of amidine groups is 1. The fourth-order valence-electron chi connectivity index (χ4n) is 2.11. The number of carbonyl (C=O) groups excluding carboxylic acids is 1. The van der Waals surface area contributed by atoms with E-state index in [2.05, 4.69) is 26.2 Å². The van der Waals surface area contributed by atoms with Gasteiger partial charge in [-0.05, 0) is 48.2 Å². The molecule has 1 saturated heterocycles. The number of hydrogen-bond acceptors (Lipinski definition) is 6. The van der Waals surface area contributed by atoms with Crippen LogP contribution in [0, 0.1) is 10.1 Å². The highest BCUT2D eigenvalue weighted by molar-refractivity contribution is 9.10. The topological polar surface area (TPSA) is 105 Å². The average molecular weight is 455 g/mol. The third-order valence-corrected chi connectivity index (χ3v) is 4.93. The van der Waals surface area contributed by atoms with Crippen LogP contribution in [0.1, 0.15) is 5.56 Å². The van der Waals surface area contributed by atoms with Crippen molar-refractivity contribution in [2.45, 2.75) is 0 Å². The molecule has 1 aliphatic rings. The molecule has 0 aromatic heterocycles. The smallest absolute Gasteiger partial charge is 0.312 e. The Morgan fingerprint density at radius 3 is 2.65 bits per heavy atom. The number of rotatable bonds is 3. The number of amides is 1. The summed E-state index contributed by atoms with van der Waals surface area (Å²) in [6.07, 6.45) is 1.33. The Labute approximate surface area is 165 Å². The number of benzene rings is 2. The molecule has 0 saturated carbocycles. The number of aliphatic imine (C=N–C) groups is 1. The number of nitrogens with one attached hydrogen (secondary N) is 1. The molecule has 0 atom stereocenters. The summed E-state index contributed by atoms with van der Waals surface area (Å²) in [5.41, 5.74) is 0.196. The minimum absolute atomic E-state index is 0.0757. The Balaban J connectivity index is 1.92. The van der Waals surface area contributed by atoms with Crippen LogP contribution < -0.4 is 5.32 Å². The Morgan fingerprint density at radius 1 is 1.31 bits per heavy atom. The lowest BCUT2D eigenvalue weighted by molar-refractivity contribution is -0.385. The van der Waals surface area contributed by atoms with Crippen LogP contribution in [0.25, 0.3) is 6.08 Å². The fraction of sp³-hybridized carbons (Fsp3) is 0. The van der Waals surface area contributed by atoms with E-state index in [1.165, 1.54) is 12.1 Å². The van der Waals surface area contributed by atoms with E-state index >= 15 is 0 Å². The number of nitrogens with zero attached hydrogens (tertiary/aromatic N) is 2. The Bertz CT molecular complexity index is 976. The van der Waals surface area contributed by atoms with Crippen LogP contribution in [0.3, 0.4) is 0 Å². The van der Waals surface area contributed by atoms with Gasteiger partial charge in [0.1, 0.15) is 0 Å². The van der Waals surface area contributed by atoms with Crippen LogP contribution >= 0.6 is 39.3 Å². The summed E-state index contributed by atoms with van der Waals surface area (Å²) in [6, 6.07) is 9.58. The van der Waals surface area contributed by atoms with Gasteiger partial charge in [-0.15, -0.1) is 0 Å². The first kappa shape index (κ1) is 18.4. The van der Waals surface area contributed by atoms with Gasteiger partial charge in [-0.1, -0.05) is 27.5 Å². The number of carbonyl (C=O) groups is 1. The first-order chi connectivity index (χ1) is 12.3. The lowest BCUT2D eigenvalue weighted by atomic mass is 10.1. The normalized spacial score (nSPS) is 16.9. The summed E-state index contributed by atoms with van der Waals surface area (Å²) < 4.78 is 0.906. The molecule has 10 heteroatoms. The maximum atomic E-state index is 12.1. The summed E-state index contributed by atoms with van der Waals surface area (Å²) >= 11 is 10.2. The zero-order valence-electron chi connectivity index (χ0n) is 12.8. The summed E-state index contributed by atoms with van der Waals surface area (Å²) in [6.45, 7) is 0. The third kappa shape index (κ3) is 4.06. The number of nitro groups is 1. The highest BCUT2D eigenvalue weighted by Crippen LogP contribution is 2.37. The number of nitro benzene ring substituents is 1. The largest absolute Gasteiger partial charge is 0.502 e. The molecule has 132 valence electrons. The van der Waals surface area contributed by atoms with Crippen molar-refractivity contribution in [2.75, 3.05) is 0 Å². The molecule has 3 rings (SSSR count). The number of hydrogen-bond donors (Lipinski definition) is 2. The van der Waals surface area contributed by atoms with Crippen LogP contribution in [0.5, 0.6) is 5.75 Å². The van der Waals surface area contributed by atoms with Crippen LogP contribution in [0.4, 0.5) is 11.4 Å². The van der Waals surface area contributed by atoms with Crippen molar-refractivity contribution >= 4 is 67.8 Å². The Morgan fingerprint density at radius 2 is 2.00 bits per heavy atom. The number of phenols is 1. The van der Waals surface area contributed by atoms with Crippen molar-refractivity contribution in [3.05, 3.63) is 66.5 Å². The summed E-state index contributed by atoms with van der Waals surface area (Å²) in [5, 5.41) is 24.0. The lowest BCUT2D eigenvalue weighted by Gasteiger charge is -2.02. The van der Waals surface area contributed by atoms with Gasteiger partial charge in [0, 0.05) is 21.1 Å². The molecule has 0 bridgehead atoms. The van der Waals surface area contributed by atoms with Gasteiger partial charge in [0.2, 0.25) is 5.75 Å². The highest BCUT2D eigenvalue weighted by Gasteiger charge is 2.25. The summed E-state index contributed by atoms with van der Waals surface area (Å²) in [7, 11) is 0. The van der Waals surface area contributed by atoms with Gasteiger partial charge in [0.05, 0.1) is 15.5 Å². The van der Waals surface area contributed by atoms with Crippen molar-refractivity contribution in [2.24, 2.45) is 4.99 Å². The lowest BCUT2D eigenvalue weighted by Crippen LogP contribution is -2.19. The zero-order valence-corrected chi connectivity index (χ0v) is 15.9. The monoisotopic (exact) mass is 453 g/mol. The van der Waals surface area contributed by atoms with E-state index in [1.807, 2.05) is 12.1 Å².